The molecule has 13 nitrogen and oxygen atoms in total. The lowest BCUT2D eigenvalue weighted by Crippen LogP contribution is -2.55. The quantitative estimate of drug-likeness (QED) is 0.0446. The van der Waals surface area contributed by atoms with Crippen LogP contribution in [-0.4, -0.2) is 106 Å². The van der Waals surface area contributed by atoms with Crippen molar-refractivity contribution in [2.24, 2.45) is 0 Å². The lowest BCUT2D eigenvalue weighted by Gasteiger charge is -2.26. The normalized spacial score (nSPS) is 16.1. The van der Waals surface area contributed by atoms with Crippen LogP contribution in [0, 0.1) is 0 Å². The molecule has 3 heterocycles. The molecule has 4 N–H and O–H groups in total. The van der Waals surface area contributed by atoms with E-state index in [-0.39, 0.29) is 24.9 Å². The summed E-state index contributed by atoms with van der Waals surface area (Å²) in [5.41, 5.74) is 1.46. The molecule has 6 atom stereocenters. The number of benzene rings is 4. The fourth-order valence-electron chi connectivity index (χ4n) is 7.51. The Balaban J connectivity index is 1.09. The summed E-state index contributed by atoms with van der Waals surface area (Å²) in [6.45, 7) is 4.27. The second-order valence-corrected chi connectivity index (χ2v) is 18.3. The zero-order chi connectivity index (χ0) is 45.7. The van der Waals surface area contributed by atoms with E-state index in [0.717, 1.165) is 42.7 Å². The highest BCUT2D eigenvalue weighted by atomic mass is 32.2. The number of carbonyl (C=O) groups is 4. The van der Waals surface area contributed by atoms with Crippen molar-refractivity contribution in [1.82, 2.24) is 41.0 Å². The number of aromatic nitrogens is 2. The Morgan fingerprint density at radius 1 is 0.554 bits per heavy atom. The Labute approximate surface area is 388 Å². The Bertz CT molecular complexity index is 2380. The number of carbonyl (C=O) groups excluding carboxylic acids is 4. The van der Waals surface area contributed by atoms with Gasteiger partial charge in [-0.1, -0.05) is 86.6 Å². The first kappa shape index (κ1) is 46.8. The number of nitrogens with zero attached hydrogens (tertiary/aromatic N) is 4. The van der Waals surface area contributed by atoms with Crippen LogP contribution in [0.25, 0.3) is 21.5 Å². The Morgan fingerprint density at radius 2 is 0.954 bits per heavy atom. The maximum Gasteiger partial charge on any atom is 0.318 e. The second-order valence-electron chi connectivity index (χ2n) is 16.1. The van der Waals surface area contributed by atoms with Gasteiger partial charge < -0.3 is 35.8 Å². The van der Waals surface area contributed by atoms with Crippen molar-refractivity contribution < 1.29 is 23.9 Å². The van der Waals surface area contributed by atoms with E-state index in [1.807, 2.05) is 74.5 Å². The zero-order valence-corrected chi connectivity index (χ0v) is 38.7. The van der Waals surface area contributed by atoms with Gasteiger partial charge >= 0.3 is 12.1 Å². The highest BCUT2D eigenvalue weighted by Gasteiger charge is 2.51. The van der Waals surface area contributed by atoms with E-state index in [0.29, 0.717) is 24.3 Å². The number of rotatable bonds is 20. The van der Waals surface area contributed by atoms with Gasteiger partial charge in [0.2, 0.25) is 11.8 Å². The van der Waals surface area contributed by atoms with Crippen LogP contribution >= 0.6 is 23.5 Å². The predicted octanol–water partition coefficient (Wildman–Crippen LogP) is 7.64. The summed E-state index contributed by atoms with van der Waals surface area (Å²) in [5.74, 6) is 0.258. The maximum atomic E-state index is 14.1. The van der Waals surface area contributed by atoms with Crippen molar-refractivity contribution in [3.8, 4) is 0 Å². The molecule has 338 valence electrons. The van der Waals surface area contributed by atoms with Crippen molar-refractivity contribution in [3.05, 3.63) is 145 Å². The van der Waals surface area contributed by atoms with E-state index in [9.17, 15) is 19.2 Å². The van der Waals surface area contributed by atoms with Crippen LogP contribution in [0.15, 0.2) is 144 Å². The molecular weight excluding hydrogens is 857 g/mol. The molecule has 0 bridgehead atoms. The van der Waals surface area contributed by atoms with E-state index in [4.69, 9.17) is 4.74 Å². The van der Waals surface area contributed by atoms with Crippen LogP contribution < -0.4 is 21.3 Å². The summed E-state index contributed by atoms with van der Waals surface area (Å²) in [6.07, 6.45) is 3.14. The van der Waals surface area contributed by atoms with Gasteiger partial charge in [0.1, 0.15) is 24.3 Å². The molecule has 7 rings (SSSR count). The molecule has 2 aromatic heterocycles. The molecular formula is C50H56N8O5S2. The van der Waals surface area contributed by atoms with Gasteiger partial charge in [-0.15, -0.1) is 23.5 Å². The summed E-state index contributed by atoms with van der Waals surface area (Å²) in [7, 11) is 3.33. The van der Waals surface area contributed by atoms with Crippen molar-refractivity contribution in [3.63, 3.8) is 0 Å². The van der Waals surface area contributed by atoms with Gasteiger partial charge in [0.15, 0.2) is 0 Å². The highest BCUT2D eigenvalue weighted by Crippen LogP contribution is 2.35. The molecule has 0 unspecified atom stereocenters. The molecule has 0 radical (unpaired) electrons. The largest absolute Gasteiger partial charge is 0.365 e. The van der Waals surface area contributed by atoms with Gasteiger partial charge in [-0.05, 0) is 82.9 Å². The number of pyridine rings is 2. The van der Waals surface area contributed by atoms with Crippen molar-refractivity contribution >= 4 is 68.9 Å². The number of ether oxygens (including phenoxy) is 1. The van der Waals surface area contributed by atoms with Crippen LogP contribution in [0.1, 0.15) is 38.1 Å². The Morgan fingerprint density at radius 3 is 1.34 bits per heavy atom. The number of amides is 6. The smallest absolute Gasteiger partial charge is 0.318 e. The number of urea groups is 2. The third-order valence-corrected chi connectivity index (χ3v) is 13.5. The van der Waals surface area contributed by atoms with Crippen LogP contribution in [0.4, 0.5) is 9.59 Å². The minimum Gasteiger partial charge on any atom is -0.365 e. The number of epoxide rings is 1. The standard InChI is InChI=1S/C50H56N8O5S2/c1-5-41(55-49(61)57(3)29-37-19-11-13-25-51-37)47(59)53-43(31-64-39-23-21-33-15-7-9-17-35(33)27-39)45-46(63-45)44(32-65-40-24-22-34-16-8-10-18-36(34)28-40)54-48(60)42(6-2)56-50(62)58(4)30-38-20-12-14-26-52-38/h7-28,41-46H,5-6,29-32H2,1-4H3,(H,53,59)(H,54,60)(H,55,61)(H,56,62)/t41-,42-,43-,44-,45-,46+/m0/s1. The number of nitrogens with one attached hydrogen (secondary N) is 4. The summed E-state index contributed by atoms with van der Waals surface area (Å²) in [4.78, 5) is 68.7. The summed E-state index contributed by atoms with van der Waals surface area (Å²) >= 11 is 3.21. The molecule has 15 heteroatoms. The first-order chi connectivity index (χ1) is 31.6. The fourth-order valence-corrected chi connectivity index (χ4v) is 9.55. The predicted molar refractivity (Wildman–Crippen MR) is 258 cm³/mol. The average Bonchev–Trinajstić information content (AvgIpc) is 4.13. The van der Waals surface area contributed by atoms with Gasteiger partial charge in [-0.25, -0.2) is 9.59 Å². The molecule has 6 aromatic rings. The molecule has 0 saturated carbocycles. The van der Waals surface area contributed by atoms with Crippen molar-refractivity contribution in [2.45, 2.75) is 85.9 Å². The van der Waals surface area contributed by atoms with Crippen LogP contribution in [0.3, 0.4) is 0 Å². The van der Waals surface area contributed by atoms with Crippen LogP contribution in [0.2, 0.25) is 0 Å². The zero-order valence-electron chi connectivity index (χ0n) is 37.1. The first-order valence-corrected chi connectivity index (χ1v) is 23.9. The fraction of sp³-hybridized carbons (Fsp3) is 0.320. The lowest BCUT2D eigenvalue weighted by molar-refractivity contribution is -0.124. The molecule has 0 spiro atoms. The average molecular weight is 913 g/mol. The molecule has 1 fully saturated rings. The molecule has 1 aliphatic rings. The SMILES string of the molecule is CC[C@H](NC(=O)N(C)Cc1ccccn1)C(=O)N[C@@H](CSc1ccc2ccccc2c1)[C@@H]1O[C@@H]1[C@H](CSc1ccc2ccccc2c1)NC(=O)[C@H](CC)NC(=O)N(C)Cc1ccccn1. The minimum atomic E-state index is -0.817. The topological polar surface area (TPSA) is 161 Å². The number of thioether (sulfide) groups is 2. The number of hydrogen-bond acceptors (Lipinski definition) is 9. The molecule has 1 saturated heterocycles. The van der Waals surface area contributed by atoms with Gasteiger partial charge in [0, 0.05) is 47.8 Å². The van der Waals surface area contributed by atoms with Gasteiger partial charge in [-0.2, -0.15) is 0 Å². The molecule has 4 aromatic carbocycles. The van der Waals surface area contributed by atoms with Crippen molar-refractivity contribution in [2.75, 3.05) is 25.6 Å². The highest BCUT2D eigenvalue weighted by molar-refractivity contribution is 7.99. The van der Waals surface area contributed by atoms with E-state index in [1.54, 1.807) is 50.0 Å². The van der Waals surface area contributed by atoms with E-state index >= 15 is 0 Å². The Hall–Kier alpha value is -6.16. The lowest BCUT2D eigenvalue weighted by atomic mass is 10.1. The second kappa shape index (κ2) is 22.6. The van der Waals surface area contributed by atoms with Gasteiger partial charge in [0.05, 0.1) is 36.6 Å². The van der Waals surface area contributed by atoms with Gasteiger partial charge in [-0.3, -0.25) is 19.6 Å². The Kier molecular flexibility index (Phi) is 16.3. The number of hydrogen-bond donors (Lipinski definition) is 4. The van der Waals surface area contributed by atoms with Crippen LogP contribution in [-0.2, 0) is 27.4 Å². The summed E-state index contributed by atoms with van der Waals surface area (Å²) in [5, 5.41) is 16.8. The molecule has 1 aliphatic heterocycles. The third kappa shape index (κ3) is 13.0. The van der Waals surface area contributed by atoms with E-state index in [2.05, 4.69) is 91.9 Å². The summed E-state index contributed by atoms with van der Waals surface area (Å²) in [6, 6.07) is 36.5. The first-order valence-electron chi connectivity index (χ1n) is 21.9. The van der Waals surface area contributed by atoms with Crippen LogP contribution in [0.5, 0.6) is 0 Å². The molecule has 6 amide bonds. The van der Waals surface area contributed by atoms with Gasteiger partial charge in [0.25, 0.3) is 0 Å². The third-order valence-electron chi connectivity index (χ3n) is 11.3. The summed E-state index contributed by atoms with van der Waals surface area (Å²) < 4.78 is 6.50. The minimum absolute atomic E-state index is 0.280. The molecule has 0 aliphatic carbocycles. The van der Waals surface area contributed by atoms with E-state index < -0.39 is 48.4 Å². The van der Waals surface area contributed by atoms with E-state index in [1.165, 1.54) is 9.80 Å². The van der Waals surface area contributed by atoms with Crippen molar-refractivity contribution in [1.29, 1.82) is 0 Å². The number of fused-ring (bicyclic) bond motifs is 2. The maximum absolute atomic E-state index is 14.1. The molecule has 65 heavy (non-hydrogen) atoms. The monoisotopic (exact) mass is 912 g/mol.